The maximum Gasteiger partial charge on any atom is 0.229 e. The van der Waals surface area contributed by atoms with Crippen molar-refractivity contribution in [3.8, 4) is 5.75 Å². The number of rotatable bonds is 8. The van der Waals surface area contributed by atoms with Crippen LogP contribution in [-0.2, 0) is 37.1 Å². The standard InChI is InChI=1S/C29H32N4O2S/c1-19-30-25(18-36-19)15-28(34)33(16-20-8-10-26(35-4)11-9-20)17-24-13-23-12-21-6-5-7-22(21)14-27(23)31-29(24)32(2)3/h8-14,18H,5-7,15-17H2,1-4H3. The molecule has 0 N–H and O–H groups in total. The Bertz CT molecular complexity index is 1390. The number of carbonyl (C=O) groups is 1. The molecule has 0 fully saturated rings. The number of anilines is 1. The SMILES string of the molecule is COc1ccc(CN(Cc2cc3cc4c(cc3nc2N(C)C)CCC4)C(=O)Cc2csc(C)n2)cc1. The Kier molecular flexibility index (Phi) is 6.92. The summed E-state index contributed by atoms with van der Waals surface area (Å²) in [5.41, 5.74) is 6.79. The van der Waals surface area contributed by atoms with Gasteiger partial charge >= 0.3 is 0 Å². The normalized spacial score (nSPS) is 12.6. The van der Waals surface area contributed by atoms with E-state index in [1.54, 1.807) is 18.4 Å². The summed E-state index contributed by atoms with van der Waals surface area (Å²) < 4.78 is 5.31. The first kappa shape index (κ1) is 24.3. The summed E-state index contributed by atoms with van der Waals surface area (Å²) in [6.45, 7) is 2.94. The smallest absolute Gasteiger partial charge is 0.229 e. The van der Waals surface area contributed by atoms with E-state index in [1.807, 2.05) is 60.5 Å². The molecule has 2 aromatic heterocycles. The molecule has 6 nitrogen and oxygen atoms in total. The van der Waals surface area contributed by atoms with Crippen LogP contribution in [0.25, 0.3) is 10.9 Å². The molecule has 7 heteroatoms. The van der Waals surface area contributed by atoms with Crippen LogP contribution in [-0.4, -0.2) is 42.0 Å². The lowest BCUT2D eigenvalue weighted by Crippen LogP contribution is -2.32. The minimum Gasteiger partial charge on any atom is -0.497 e. The third-order valence-electron chi connectivity index (χ3n) is 6.75. The van der Waals surface area contributed by atoms with Gasteiger partial charge in [0.05, 0.1) is 29.7 Å². The van der Waals surface area contributed by atoms with Crippen molar-refractivity contribution in [2.75, 3.05) is 26.1 Å². The van der Waals surface area contributed by atoms with Gasteiger partial charge in [0.1, 0.15) is 11.6 Å². The minimum absolute atomic E-state index is 0.0508. The average Bonchev–Trinajstić information content (AvgIpc) is 3.49. The Labute approximate surface area is 216 Å². The van der Waals surface area contributed by atoms with Crippen LogP contribution in [0.2, 0.25) is 0 Å². The van der Waals surface area contributed by atoms with Crippen molar-refractivity contribution in [3.63, 3.8) is 0 Å². The number of methoxy groups -OCH3 is 1. The van der Waals surface area contributed by atoms with Crippen molar-refractivity contribution >= 4 is 34.0 Å². The Hall–Kier alpha value is -3.45. The van der Waals surface area contributed by atoms with Gasteiger partial charge in [0.15, 0.2) is 0 Å². The van der Waals surface area contributed by atoms with Crippen LogP contribution in [0.3, 0.4) is 0 Å². The topological polar surface area (TPSA) is 58.6 Å². The molecule has 0 saturated heterocycles. The second kappa shape index (κ2) is 10.3. The molecular formula is C29H32N4O2S. The maximum absolute atomic E-state index is 13.6. The predicted octanol–water partition coefficient (Wildman–Crippen LogP) is 5.33. The van der Waals surface area contributed by atoms with Crippen LogP contribution in [0.4, 0.5) is 5.82 Å². The zero-order valence-corrected chi connectivity index (χ0v) is 22.2. The molecule has 0 saturated carbocycles. The molecule has 2 heterocycles. The van der Waals surface area contributed by atoms with Crippen LogP contribution in [0, 0.1) is 6.92 Å². The van der Waals surface area contributed by atoms with E-state index < -0.39 is 0 Å². The van der Waals surface area contributed by atoms with Gasteiger partial charge in [-0.1, -0.05) is 12.1 Å². The molecule has 1 aliphatic carbocycles. The molecule has 1 amide bonds. The maximum atomic E-state index is 13.6. The summed E-state index contributed by atoms with van der Waals surface area (Å²) in [4.78, 5) is 27.1. The van der Waals surface area contributed by atoms with E-state index in [-0.39, 0.29) is 12.3 Å². The lowest BCUT2D eigenvalue weighted by Gasteiger charge is -2.26. The van der Waals surface area contributed by atoms with Gasteiger partial charge in [-0.05, 0) is 73.2 Å². The molecule has 4 aromatic rings. The molecule has 0 atom stereocenters. The van der Waals surface area contributed by atoms with E-state index in [1.165, 1.54) is 17.5 Å². The molecule has 36 heavy (non-hydrogen) atoms. The summed E-state index contributed by atoms with van der Waals surface area (Å²) in [5.74, 6) is 1.75. The van der Waals surface area contributed by atoms with Crippen molar-refractivity contribution in [3.05, 3.63) is 80.8 Å². The lowest BCUT2D eigenvalue weighted by atomic mass is 10.0. The van der Waals surface area contributed by atoms with E-state index in [9.17, 15) is 4.79 Å². The molecule has 0 unspecified atom stereocenters. The van der Waals surface area contributed by atoms with Crippen LogP contribution in [0.5, 0.6) is 5.75 Å². The highest BCUT2D eigenvalue weighted by molar-refractivity contribution is 7.09. The number of amides is 1. The van der Waals surface area contributed by atoms with Gasteiger partial charge in [-0.15, -0.1) is 11.3 Å². The van der Waals surface area contributed by atoms with E-state index in [0.29, 0.717) is 13.1 Å². The van der Waals surface area contributed by atoms with Crippen molar-refractivity contribution in [2.45, 2.75) is 45.7 Å². The zero-order chi connectivity index (χ0) is 25.2. The average molecular weight is 501 g/mol. The predicted molar refractivity (Wildman–Crippen MR) is 146 cm³/mol. The van der Waals surface area contributed by atoms with Crippen LogP contribution >= 0.6 is 11.3 Å². The summed E-state index contributed by atoms with van der Waals surface area (Å²) in [6.07, 6.45) is 3.75. The highest BCUT2D eigenvalue weighted by atomic mass is 32.1. The lowest BCUT2D eigenvalue weighted by molar-refractivity contribution is -0.131. The Morgan fingerprint density at radius 3 is 2.44 bits per heavy atom. The van der Waals surface area contributed by atoms with Crippen LogP contribution in [0.1, 0.15) is 39.4 Å². The largest absolute Gasteiger partial charge is 0.497 e. The van der Waals surface area contributed by atoms with Crippen molar-refractivity contribution in [1.29, 1.82) is 0 Å². The summed E-state index contributed by atoms with van der Waals surface area (Å²) in [7, 11) is 5.68. The molecular weight excluding hydrogens is 468 g/mol. The fraction of sp³-hybridized carbons (Fsp3) is 0.345. The number of thiazole rings is 1. The van der Waals surface area contributed by atoms with E-state index >= 15 is 0 Å². The second-order valence-corrected chi connectivity index (χ2v) is 10.7. The van der Waals surface area contributed by atoms with Gasteiger partial charge in [0, 0.05) is 43.5 Å². The first-order valence-corrected chi connectivity index (χ1v) is 13.2. The monoisotopic (exact) mass is 500 g/mol. The van der Waals surface area contributed by atoms with Crippen molar-refractivity contribution < 1.29 is 9.53 Å². The number of nitrogens with zero attached hydrogens (tertiary/aromatic N) is 4. The molecule has 186 valence electrons. The molecule has 0 radical (unpaired) electrons. The highest BCUT2D eigenvalue weighted by Gasteiger charge is 2.21. The number of ether oxygens (including phenoxy) is 1. The number of carbonyl (C=O) groups excluding carboxylic acids is 1. The van der Waals surface area contributed by atoms with E-state index in [0.717, 1.165) is 57.1 Å². The number of fused-ring (bicyclic) bond motifs is 2. The summed E-state index contributed by atoms with van der Waals surface area (Å²) >= 11 is 1.58. The van der Waals surface area contributed by atoms with Crippen LogP contribution in [0.15, 0.2) is 47.8 Å². The third kappa shape index (κ3) is 5.21. The van der Waals surface area contributed by atoms with Gasteiger partial charge < -0.3 is 14.5 Å². The number of benzene rings is 2. The molecule has 5 rings (SSSR count). The molecule has 0 bridgehead atoms. The van der Waals surface area contributed by atoms with Crippen LogP contribution < -0.4 is 9.64 Å². The van der Waals surface area contributed by atoms with E-state index in [2.05, 4.69) is 23.2 Å². The first-order valence-electron chi connectivity index (χ1n) is 12.3. The van der Waals surface area contributed by atoms with E-state index in [4.69, 9.17) is 9.72 Å². The number of hydrogen-bond acceptors (Lipinski definition) is 6. The highest BCUT2D eigenvalue weighted by Crippen LogP contribution is 2.30. The number of pyridine rings is 1. The Balaban J connectivity index is 1.49. The Morgan fingerprint density at radius 2 is 1.78 bits per heavy atom. The zero-order valence-electron chi connectivity index (χ0n) is 21.4. The molecule has 0 aliphatic heterocycles. The Morgan fingerprint density at radius 1 is 1.03 bits per heavy atom. The minimum atomic E-state index is 0.0508. The fourth-order valence-corrected chi connectivity index (χ4v) is 5.54. The third-order valence-corrected chi connectivity index (χ3v) is 7.58. The number of aromatic nitrogens is 2. The second-order valence-electron chi connectivity index (χ2n) is 9.67. The fourth-order valence-electron chi connectivity index (χ4n) is 4.93. The first-order chi connectivity index (χ1) is 17.4. The number of hydrogen-bond donors (Lipinski definition) is 0. The van der Waals surface area contributed by atoms with Gasteiger partial charge in [-0.25, -0.2) is 9.97 Å². The van der Waals surface area contributed by atoms with Crippen molar-refractivity contribution in [1.82, 2.24) is 14.9 Å². The quantitative estimate of drug-likeness (QED) is 0.327. The number of aryl methyl sites for hydroxylation is 3. The van der Waals surface area contributed by atoms with Gasteiger partial charge in [0.2, 0.25) is 5.91 Å². The molecule has 0 spiro atoms. The van der Waals surface area contributed by atoms with Crippen molar-refractivity contribution in [2.24, 2.45) is 0 Å². The van der Waals surface area contributed by atoms with Gasteiger partial charge in [-0.2, -0.15) is 0 Å². The van der Waals surface area contributed by atoms with Gasteiger partial charge in [-0.3, -0.25) is 4.79 Å². The molecule has 2 aromatic carbocycles. The molecule has 1 aliphatic rings. The summed E-state index contributed by atoms with van der Waals surface area (Å²) in [5, 5.41) is 4.09. The summed E-state index contributed by atoms with van der Waals surface area (Å²) in [6, 6.07) is 14.7. The van der Waals surface area contributed by atoms with Gasteiger partial charge in [0.25, 0.3) is 0 Å².